The molecule has 1 aromatic heterocycles. The maximum Gasteiger partial charge on any atom is 0.247 e. The van der Waals surface area contributed by atoms with Gasteiger partial charge in [-0.15, -0.1) is 0 Å². The Labute approximate surface area is 156 Å². The Kier molecular flexibility index (Phi) is 4.42. The lowest BCUT2D eigenvalue weighted by Gasteiger charge is -2.13. The minimum absolute atomic E-state index is 0.0492. The molecule has 0 radical (unpaired) electrons. The Hall–Kier alpha value is -2.37. The molecule has 2 aromatic rings. The molecule has 2 aliphatic carbocycles. The minimum atomic E-state index is -0.329. The van der Waals surface area contributed by atoms with Crippen molar-refractivity contribution >= 4 is 17.5 Å². The van der Waals surface area contributed by atoms with Crippen LogP contribution in [0, 0.1) is 24.7 Å². The van der Waals surface area contributed by atoms with Gasteiger partial charge in [0.2, 0.25) is 5.91 Å². The minimum Gasteiger partial charge on any atom is -0.342 e. The Morgan fingerprint density at radius 2 is 2.23 bits per heavy atom. The fourth-order valence-electron chi connectivity index (χ4n) is 4.07. The molecule has 26 heavy (non-hydrogen) atoms. The summed E-state index contributed by atoms with van der Waals surface area (Å²) in [7, 11) is 0. The molecule has 1 aromatic carbocycles. The normalized spacial score (nSPS) is 26.7. The summed E-state index contributed by atoms with van der Waals surface area (Å²) in [6.45, 7) is 1.94. The van der Waals surface area contributed by atoms with Gasteiger partial charge in [0.1, 0.15) is 5.82 Å². The fourth-order valence-corrected chi connectivity index (χ4v) is 4.35. The highest BCUT2D eigenvalue weighted by Gasteiger charge is 2.57. The van der Waals surface area contributed by atoms with E-state index < -0.39 is 0 Å². The third-order valence-corrected chi connectivity index (χ3v) is 5.65. The number of hydroxylamine groups is 1. The van der Waals surface area contributed by atoms with Crippen molar-refractivity contribution in [2.45, 2.75) is 19.3 Å². The first-order valence-corrected chi connectivity index (χ1v) is 9.06. The molecule has 5 nitrogen and oxygen atoms in total. The second-order valence-corrected chi connectivity index (χ2v) is 7.38. The van der Waals surface area contributed by atoms with Gasteiger partial charge < -0.3 is 4.98 Å². The van der Waals surface area contributed by atoms with Crippen molar-refractivity contribution in [1.82, 2.24) is 15.4 Å². The first kappa shape index (κ1) is 17.1. The summed E-state index contributed by atoms with van der Waals surface area (Å²) >= 11 is 6.50. The number of carbonyl (C=O) groups is 1. The molecule has 0 spiro atoms. The lowest BCUT2D eigenvalue weighted by molar-refractivity contribution is -0.131. The first-order valence-electron chi connectivity index (χ1n) is 8.69. The van der Waals surface area contributed by atoms with Gasteiger partial charge in [0, 0.05) is 23.4 Å². The number of aromatic amines is 1. The smallest absolute Gasteiger partial charge is 0.247 e. The van der Waals surface area contributed by atoms with E-state index >= 15 is 0 Å². The maximum absolute atomic E-state index is 12.1. The van der Waals surface area contributed by atoms with Gasteiger partial charge in [0.05, 0.1) is 10.9 Å². The highest BCUT2D eigenvalue weighted by Crippen LogP contribution is 2.59. The van der Waals surface area contributed by atoms with E-state index in [4.69, 9.17) is 16.8 Å². The Balaban J connectivity index is 1.63. The Morgan fingerprint density at radius 1 is 1.38 bits per heavy atom. The van der Waals surface area contributed by atoms with Crippen LogP contribution in [0.5, 0.6) is 0 Å². The van der Waals surface area contributed by atoms with Crippen molar-refractivity contribution in [3.8, 4) is 11.4 Å². The summed E-state index contributed by atoms with van der Waals surface area (Å²) in [4.78, 5) is 19.6. The van der Waals surface area contributed by atoms with Crippen LogP contribution in [-0.2, 0) is 4.79 Å². The lowest BCUT2D eigenvalue weighted by Crippen LogP contribution is -2.22. The van der Waals surface area contributed by atoms with E-state index in [2.05, 4.69) is 22.1 Å². The molecule has 0 bridgehead atoms. The molecule has 4 rings (SSSR count). The number of hydrogen-bond acceptors (Lipinski definition) is 3. The largest absolute Gasteiger partial charge is 0.342 e. The van der Waals surface area contributed by atoms with E-state index in [1.807, 2.05) is 42.8 Å². The molecule has 1 saturated carbocycles. The molecule has 2 aliphatic rings. The van der Waals surface area contributed by atoms with E-state index in [1.165, 1.54) is 0 Å². The number of benzene rings is 1. The number of nitrogens with zero attached hydrogens (tertiary/aromatic N) is 1. The van der Waals surface area contributed by atoms with Gasteiger partial charge in [0.15, 0.2) is 0 Å². The van der Waals surface area contributed by atoms with Crippen molar-refractivity contribution in [2.75, 3.05) is 0 Å². The molecule has 134 valence electrons. The second kappa shape index (κ2) is 6.74. The van der Waals surface area contributed by atoms with Gasteiger partial charge in [-0.3, -0.25) is 10.0 Å². The van der Waals surface area contributed by atoms with Crippen LogP contribution in [0.15, 0.2) is 48.7 Å². The topological polar surface area (TPSA) is 78.0 Å². The van der Waals surface area contributed by atoms with Crippen molar-refractivity contribution in [3.63, 3.8) is 0 Å². The molecule has 3 N–H and O–H groups in total. The Morgan fingerprint density at radius 3 is 2.85 bits per heavy atom. The number of halogens is 1. The van der Waals surface area contributed by atoms with Gasteiger partial charge in [-0.1, -0.05) is 42.0 Å². The van der Waals surface area contributed by atoms with E-state index in [1.54, 1.807) is 6.20 Å². The van der Waals surface area contributed by atoms with E-state index in [0.717, 1.165) is 29.1 Å². The van der Waals surface area contributed by atoms with Crippen molar-refractivity contribution < 1.29 is 10.0 Å². The number of carbonyl (C=O) groups excluding carboxylic acids is 1. The standard InChI is InChI=1S/C20H20ClN3O2/c1-11-10-22-19(23-11)14-8-7-13(9-15(14)21)17-16(18(17)20(25)24-26)12-5-3-2-4-6-12/h2-5,7-10,12,16-18,26H,6H2,1H3,(H,22,23)(H,24,25)/t12?,16-,17-,18-/m1/s1. The third-order valence-electron chi connectivity index (χ3n) is 5.33. The van der Waals surface area contributed by atoms with Crippen LogP contribution in [0.1, 0.15) is 23.6 Å². The van der Waals surface area contributed by atoms with E-state index in [0.29, 0.717) is 10.9 Å². The number of allylic oxidation sites excluding steroid dienone is 4. The average molecular weight is 370 g/mol. The monoisotopic (exact) mass is 369 g/mol. The van der Waals surface area contributed by atoms with Crippen molar-refractivity contribution in [1.29, 1.82) is 0 Å². The molecule has 1 fully saturated rings. The summed E-state index contributed by atoms with van der Waals surface area (Å²) in [6.07, 6.45) is 11.0. The Bertz CT molecular complexity index is 902. The number of aromatic nitrogens is 2. The predicted molar refractivity (Wildman–Crippen MR) is 99.8 cm³/mol. The number of aryl methyl sites for hydroxylation is 1. The molecular weight excluding hydrogens is 350 g/mol. The van der Waals surface area contributed by atoms with Gasteiger partial charge in [-0.2, -0.15) is 0 Å². The summed E-state index contributed by atoms with van der Waals surface area (Å²) in [5, 5.41) is 9.71. The zero-order chi connectivity index (χ0) is 18.3. The molecule has 1 amide bonds. The van der Waals surface area contributed by atoms with Gasteiger partial charge >= 0.3 is 0 Å². The fraction of sp³-hybridized carbons (Fsp3) is 0.300. The quantitative estimate of drug-likeness (QED) is 0.563. The number of nitrogens with one attached hydrogen (secondary N) is 2. The first-order chi connectivity index (χ1) is 12.6. The zero-order valence-corrected chi connectivity index (χ0v) is 15.1. The van der Waals surface area contributed by atoms with E-state index in [9.17, 15) is 4.79 Å². The molecular formula is C20H20ClN3O2. The number of hydrogen-bond donors (Lipinski definition) is 3. The zero-order valence-electron chi connectivity index (χ0n) is 14.3. The summed E-state index contributed by atoms with van der Waals surface area (Å²) < 4.78 is 0. The van der Waals surface area contributed by atoms with Crippen LogP contribution < -0.4 is 5.48 Å². The van der Waals surface area contributed by atoms with Crippen molar-refractivity contribution in [2.24, 2.45) is 17.8 Å². The summed E-state index contributed by atoms with van der Waals surface area (Å²) in [6, 6.07) is 5.86. The summed E-state index contributed by atoms with van der Waals surface area (Å²) in [5.41, 5.74) is 4.65. The van der Waals surface area contributed by atoms with Crippen LogP contribution in [0.25, 0.3) is 11.4 Å². The van der Waals surface area contributed by atoms with Crippen LogP contribution in [0.2, 0.25) is 5.02 Å². The van der Waals surface area contributed by atoms with Crippen molar-refractivity contribution in [3.05, 3.63) is 65.0 Å². The lowest BCUT2D eigenvalue weighted by atomic mass is 9.92. The van der Waals surface area contributed by atoms with Gasteiger partial charge in [-0.05, 0) is 42.9 Å². The van der Waals surface area contributed by atoms with Crippen LogP contribution in [0.3, 0.4) is 0 Å². The average Bonchev–Trinajstić information content (AvgIpc) is 3.27. The number of amides is 1. The number of rotatable bonds is 4. The molecule has 0 aliphatic heterocycles. The van der Waals surface area contributed by atoms with Crippen LogP contribution >= 0.6 is 11.6 Å². The second-order valence-electron chi connectivity index (χ2n) is 6.97. The van der Waals surface area contributed by atoms with Crippen LogP contribution in [-0.4, -0.2) is 21.1 Å². The summed E-state index contributed by atoms with van der Waals surface area (Å²) in [5.74, 6) is 0.665. The van der Waals surface area contributed by atoms with Crippen LogP contribution in [0.4, 0.5) is 0 Å². The number of H-pyrrole nitrogens is 1. The maximum atomic E-state index is 12.1. The van der Waals surface area contributed by atoms with E-state index in [-0.39, 0.29) is 23.7 Å². The molecule has 6 heteroatoms. The highest BCUT2D eigenvalue weighted by atomic mass is 35.5. The highest BCUT2D eigenvalue weighted by molar-refractivity contribution is 6.33. The predicted octanol–water partition coefficient (Wildman–Crippen LogP) is 4.01. The molecule has 1 heterocycles. The molecule has 1 unspecified atom stereocenters. The number of imidazole rings is 1. The molecule has 0 saturated heterocycles. The van der Waals surface area contributed by atoms with Gasteiger partial charge in [-0.25, -0.2) is 10.5 Å². The molecule has 4 atom stereocenters. The third kappa shape index (κ3) is 2.97. The van der Waals surface area contributed by atoms with Gasteiger partial charge in [0.25, 0.3) is 0 Å². The SMILES string of the molecule is Cc1cnc(-c2ccc([C@H]3[C@H](C(=O)NO)[C@@H]3C3C=CC=CC3)cc2Cl)[nH]1.